The molecule has 0 saturated heterocycles. The number of aromatic nitrogens is 1. The summed E-state index contributed by atoms with van der Waals surface area (Å²) in [4.78, 5) is 9.48. The van der Waals surface area contributed by atoms with E-state index >= 15 is 0 Å². The van der Waals surface area contributed by atoms with Gasteiger partial charge >= 0.3 is 5.84 Å². The van der Waals surface area contributed by atoms with Gasteiger partial charge in [0.05, 0.1) is 5.69 Å². The molecular formula is C15H19N6O+. The van der Waals surface area contributed by atoms with E-state index in [-0.39, 0.29) is 6.61 Å². The number of hydrogen-bond donors (Lipinski definition) is 3. The monoisotopic (exact) mass is 299 g/mol. The summed E-state index contributed by atoms with van der Waals surface area (Å²) < 4.78 is 1.29. The SMILES string of the molecule is C[N+](N)=C(N)C(=NOCc1cccc(N)n1)c1ccccc1. The minimum Gasteiger partial charge on any atom is -0.389 e. The molecule has 2 aromatic rings. The number of hydrogen-bond acceptors (Lipinski definition) is 5. The summed E-state index contributed by atoms with van der Waals surface area (Å²) in [5.41, 5.74) is 13.5. The number of nitrogen functional groups attached to an aromatic ring is 1. The second-order valence-electron chi connectivity index (χ2n) is 4.63. The Morgan fingerprint density at radius 3 is 2.55 bits per heavy atom. The highest BCUT2D eigenvalue weighted by Gasteiger charge is 2.16. The molecule has 6 N–H and O–H groups in total. The first-order valence-corrected chi connectivity index (χ1v) is 6.66. The van der Waals surface area contributed by atoms with Crippen molar-refractivity contribution in [1.29, 1.82) is 0 Å². The normalized spacial score (nSPS) is 12.7. The summed E-state index contributed by atoms with van der Waals surface area (Å²) in [7, 11) is 1.63. The second-order valence-corrected chi connectivity index (χ2v) is 4.63. The minimum absolute atomic E-state index is 0.183. The van der Waals surface area contributed by atoms with E-state index < -0.39 is 0 Å². The molecule has 0 bridgehead atoms. The number of pyridine rings is 1. The first kappa shape index (κ1) is 15.3. The molecular weight excluding hydrogens is 280 g/mol. The highest BCUT2D eigenvalue weighted by molar-refractivity contribution is 6.45. The van der Waals surface area contributed by atoms with E-state index in [0.29, 0.717) is 23.1 Å². The Morgan fingerprint density at radius 2 is 1.91 bits per heavy atom. The average Bonchev–Trinajstić information content (AvgIpc) is 2.52. The molecule has 7 nitrogen and oxygen atoms in total. The van der Waals surface area contributed by atoms with Crippen LogP contribution in [0.2, 0.25) is 0 Å². The average molecular weight is 299 g/mol. The predicted octanol–water partition coefficient (Wildman–Crippen LogP) is 0.458. The molecule has 0 aliphatic rings. The van der Waals surface area contributed by atoms with Crippen molar-refractivity contribution in [2.24, 2.45) is 16.7 Å². The Hall–Kier alpha value is -3.09. The van der Waals surface area contributed by atoms with Gasteiger partial charge in [-0.3, -0.25) is 11.6 Å². The third-order valence-corrected chi connectivity index (χ3v) is 2.87. The Kier molecular flexibility index (Phi) is 4.92. The largest absolute Gasteiger partial charge is 0.389 e. The van der Waals surface area contributed by atoms with Gasteiger partial charge in [-0.2, -0.15) is 4.68 Å². The number of nitrogens with zero attached hydrogens (tertiary/aromatic N) is 3. The standard InChI is InChI=1S/C15H18N6O/c1-21(18)15(17)14(11-6-3-2-4-7-11)20-22-10-12-8-5-9-13(16)19-12/h2-9,17H,10,18H2,1H3,(H2,16,19)/p+1. The summed E-state index contributed by atoms with van der Waals surface area (Å²) >= 11 is 0. The molecule has 1 aromatic heterocycles. The van der Waals surface area contributed by atoms with E-state index in [9.17, 15) is 0 Å². The fraction of sp³-hybridized carbons (Fsp3) is 0.133. The zero-order valence-corrected chi connectivity index (χ0v) is 12.3. The summed E-state index contributed by atoms with van der Waals surface area (Å²) in [6.07, 6.45) is 0. The molecule has 1 heterocycles. The molecule has 22 heavy (non-hydrogen) atoms. The molecule has 0 spiro atoms. The number of hydrazine groups is 1. The lowest BCUT2D eigenvalue weighted by atomic mass is 10.1. The number of amidine groups is 1. The van der Waals surface area contributed by atoms with Crippen LogP contribution in [0.5, 0.6) is 0 Å². The molecule has 2 rings (SSSR count). The second kappa shape index (κ2) is 7.07. The quantitative estimate of drug-likeness (QED) is 0.244. The van der Waals surface area contributed by atoms with E-state index in [0.717, 1.165) is 5.56 Å². The summed E-state index contributed by atoms with van der Waals surface area (Å²) in [6, 6.07) is 14.7. The molecule has 0 fully saturated rings. The van der Waals surface area contributed by atoms with Crippen molar-refractivity contribution in [2.45, 2.75) is 6.61 Å². The van der Waals surface area contributed by atoms with Gasteiger partial charge in [0.2, 0.25) is 0 Å². The Morgan fingerprint density at radius 1 is 1.18 bits per heavy atom. The van der Waals surface area contributed by atoms with Crippen LogP contribution in [0, 0.1) is 0 Å². The van der Waals surface area contributed by atoms with Crippen LogP contribution in [0.4, 0.5) is 5.82 Å². The number of oxime groups is 1. The molecule has 0 aliphatic carbocycles. The maximum Gasteiger partial charge on any atom is 0.320 e. The van der Waals surface area contributed by atoms with Gasteiger partial charge in [-0.1, -0.05) is 41.6 Å². The van der Waals surface area contributed by atoms with Gasteiger partial charge < -0.3 is 10.6 Å². The van der Waals surface area contributed by atoms with Gasteiger partial charge in [0.1, 0.15) is 12.9 Å². The highest BCUT2D eigenvalue weighted by Crippen LogP contribution is 2.05. The molecule has 0 atom stereocenters. The third-order valence-electron chi connectivity index (χ3n) is 2.87. The van der Waals surface area contributed by atoms with E-state index in [1.54, 1.807) is 25.2 Å². The van der Waals surface area contributed by atoms with E-state index in [1.165, 1.54) is 4.68 Å². The smallest absolute Gasteiger partial charge is 0.320 e. The Balaban J connectivity index is 2.21. The number of rotatable bonds is 5. The van der Waals surface area contributed by atoms with Crippen molar-refractivity contribution < 1.29 is 9.52 Å². The molecule has 114 valence electrons. The third kappa shape index (κ3) is 3.95. The highest BCUT2D eigenvalue weighted by atomic mass is 16.6. The van der Waals surface area contributed by atoms with Crippen molar-refractivity contribution >= 4 is 17.4 Å². The fourth-order valence-electron chi connectivity index (χ4n) is 1.75. The van der Waals surface area contributed by atoms with E-state index in [4.69, 9.17) is 22.1 Å². The van der Waals surface area contributed by atoms with E-state index in [1.807, 2.05) is 30.3 Å². The van der Waals surface area contributed by atoms with Crippen molar-refractivity contribution in [3.63, 3.8) is 0 Å². The van der Waals surface area contributed by atoms with Gasteiger partial charge in [0.25, 0.3) is 0 Å². The van der Waals surface area contributed by atoms with Crippen molar-refractivity contribution in [1.82, 2.24) is 4.98 Å². The maximum absolute atomic E-state index is 5.97. The molecule has 7 heteroatoms. The van der Waals surface area contributed by atoms with Crippen molar-refractivity contribution in [3.8, 4) is 0 Å². The van der Waals surface area contributed by atoms with Crippen LogP contribution in [-0.4, -0.2) is 28.3 Å². The lowest BCUT2D eigenvalue weighted by Crippen LogP contribution is -2.37. The zero-order valence-electron chi connectivity index (χ0n) is 12.3. The molecule has 0 radical (unpaired) electrons. The van der Waals surface area contributed by atoms with E-state index in [2.05, 4.69) is 10.1 Å². The Labute approximate surface area is 128 Å². The van der Waals surface area contributed by atoms with Crippen LogP contribution in [0.15, 0.2) is 53.7 Å². The summed E-state index contributed by atoms with van der Waals surface area (Å²) in [6.45, 7) is 0.183. The van der Waals surface area contributed by atoms with Gasteiger partial charge in [0, 0.05) is 5.56 Å². The number of nitrogens with two attached hydrogens (primary N) is 3. The van der Waals surface area contributed by atoms with Gasteiger partial charge in [-0.25, -0.2) is 4.98 Å². The van der Waals surface area contributed by atoms with Crippen LogP contribution in [0.25, 0.3) is 0 Å². The lowest BCUT2D eigenvalue weighted by molar-refractivity contribution is -0.508. The molecule has 0 unspecified atom stereocenters. The van der Waals surface area contributed by atoms with Crippen molar-refractivity contribution in [3.05, 3.63) is 59.8 Å². The zero-order chi connectivity index (χ0) is 15.9. The van der Waals surface area contributed by atoms with Gasteiger partial charge in [-0.05, 0) is 12.1 Å². The molecule has 0 aliphatic heterocycles. The summed E-state index contributed by atoms with van der Waals surface area (Å²) in [5.74, 6) is 6.41. The first-order valence-electron chi connectivity index (χ1n) is 6.66. The maximum atomic E-state index is 5.97. The minimum atomic E-state index is 0.183. The van der Waals surface area contributed by atoms with Crippen LogP contribution in [-0.2, 0) is 11.4 Å². The van der Waals surface area contributed by atoms with Crippen LogP contribution >= 0.6 is 0 Å². The molecule has 1 aromatic carbocycles. The lowest BCUT2D eigenvalue weighted by Gasteiger charge is -2.05. The Bertz CT molecular complexity index is 692. The van der Waals surface area contributed by atoms with Crippen molar-refractivity contribution in [2.75, 3.05) is 12.8 Å². The van der Waals surface area contributed by atoms with Gasteiger partial charge in [0.15, 0.2) is 12.3 Å². The van der Waals surface area contributed by atoms with Crippen LogP contribution < -0.4 is 17.3 Å². The first-order chi connectivity index (χ1) is 10.6. The molecule has 0 saturated carbocycles. The number of hydrazone groups is 1. The number of benzene rings is 1. The van der Waals surface area contributed by atoms with Crippen LogP contribution in [0.3, 0.4) is 0 Å². The topological polar surface area (TPSA) is 116 Å². The predicted molar refractivity (Wildman–Crippen MR) is 86.0 cm³/mol. The summed E-state index contributed by atoms with van der Waals surface area (Å²) in [5, 5.41) is 4.09. The number of anilines is 1. The van der Waals surface area contributed by atoms with Gasteiger partial charge in [-0.15, -0.1) is 0 Å². The van der Waals surface area contributed by atoms with Crippen LogP contribution in [0.1, 0.15) is 11.3 Å². The molecule has 0 amide bonds. The fourth-order valence-corrected chi connectivity index (χ4v) is 1.75.